The van der Waals surface area contributed by atoms with Crippen molar-refractivity contribution in [3.8, 4) is 0 Å². The van der Waals surface area contributed by atoms with E-state index in [1.54, 1.807) is 6.92 Å². The van der Waals surface area contributed by atoms with Gasteiger partial charge < -0.3 is 9.64 Å². The van der Waals surface area contributed by atoms with E-state index in [9.17, 15) is 4.79 Å². The second kappa shape index (κ2) is 6.36. The van der Waals surface area contributed by atoms with E-state index < -0.39 is 6.09 Å². The number of nitrogens with one attached hydrogen (secondary N) is 1. The second-order valence-electron chi connectivity index (χ2n) is 4.58. The molecule has 1 fully saturated rings. The van der Waals surface area contributed by atoms with Gasteiger partial charge in [0.2, 0.25) is 5.95 Å². The Labute approximate surface area is 113 Å². The lowest BCUT2D eigenvalue weighted by molar-refractivity contribution is 0.167. The van der Waals surface area contributed by atoms with Gasteiger partial charge in [0.25, 0.3) is 0 Å². The molecule has 0 saturated carbocycles. The van der Waals surface area contributed by atoms with Gasteiger partial charge in [0.05, 0.1) is 6.61 Å². The lowest BCUT2D eigenvalue weighted by Gasteiger charge is -2.28. The van der Waals surface area contributed by atoms with Gasteiger partial charge >= 0.3 is 6.09 Å². The number of rotatable bonds is 3. The first-order chi connectivity index (χ1) is 9.19. The molecular formula is C13H20N4O2. The zero-order chi connectivity index (χ0) is 13.7. The van der Waals surface area contributed by atoms with Crippen molar-refractivity contribution in [1.29, 1.82) is 0 Å². The molecule has 6 heteroatoms. The van der Waals surface area contributed by atoms with Crippen LogP contribution in [-0.4, -0.2) is 35.8 Å². The number of hydrogen-bond acceptors (Lipinski definition) is 5. The predicted molar refractivity (Wildman–Crippen MR) is 73.5 cm³/mol. The summed E-state index contributed by atoms with van der Waals surface area (Å²) in [6.07, 6.45) is 3.12. The van der Waals surface area contributed by atoms with Crippen LogP contribution in [0.25, 0.3) is 0 Å². The molecule has 19 heavy (non-hydrogen) atoms. The summed E-state index contributed by atoms with van der Waals surface area (Å²) >= 11 is 0. The molecular weight excluding hydrogens is 244 g/mol. The topological polar surface area (TPSA) is 67.3 Å². The standard InChI is InChI=1S/C13H20N4O2/c1-3-19-13(18)16-12-14-10(2)9-11(15-12)17-7-5-4-6-8-17/h9H,3-8H2,1-2H3,(H,14,15,16,18). The Morgan fingerprint density at radius 1 is 1.37 bits per heavy atom. The predicted octanol–water partition coefficient (Wildman–Crippen LogP) is 2.34. The molecule has 2 heterocycles. The van der Waals surface area contributed by atoms with Gasteiger partial charge in [-0.25, -0.2) is 9.78 Å². The van der Waals surface area contributed by atoms with Gasteiger partial charge in [-0.15, -0.1) is 0 Å². The van der Waals surface area contributed by atoms with E-state index in [0.717, 1.165) is 24.6 Å². The van der Waals surface area contributed by atoms with Gasteiger partial charge in [-0.3, -0.25) is 5.32 Å². The first-order valence-electron chi connectivity index (χ1n) is 6.73. The average Bonchev–Trinajstić information content (AvgIpc) is 2.39. The van der Waals surface area contributed by atoms with Crippen LogP contribution >= 0.6 is 0 Å². The minimum atomic E-state index is -0.516. The maximum Gasteiger partial charge on any atom is 0.414 e. The molecule has 1 N–H and O–H groups in total. The van der Waals surface area contributed by atoms with Crippen LogP contribution in [0.4, 0.5) is 16.6 Å². The molecule has 104 valence electrons. The molecule has 0 atom stereocenters. The summed E-state index contributed by atoms with van der Waals surface area (Å²) in [6.45, 7) is 6.00. The van der Waals surface area contributed by atoms with E-state index >= 15 is 0 Å². The molecule has 0 unspecified atom stereocenters. The fourth-order valence-electron chi connectivity index (χ4n) is 2.15. The number of carbonyl (C=O) groups is 1. The molecule has 0 aliphatic carbocycles. The van der Waals surface area contributed by atoms with Crippen molar-refractivity contribution in [3.05, 3.63) is 11.8 Å². The summed E-state index contributed by atoms with van der Waals surface area (Å²) in [4.78, 5) is 22.2. The normalized spacial score (nSPS) is 15.2. The van der Waals surface area contributed by atoms with Crippen LogP contribution in [0.1, 0.15) is 31.9 Å². The van der Waals surface area contributed by atoms with E-state index in [2.05, 4.69) is 20.2 Å². The molecule has 1 aliphatic rings. The highest BCUT2D eigenvalue weighted by molar-refractivity contribution is 5.82. The number of hydrogen-bond donors (Lipinski definition) is 1. The average molecular weight is 264 g/mol. The quantitative estimate of drug-likeness (QED) is 0.907. The lowest BCUT2D eigenvalue weighted by atomic mass is 10.1. The number of aromatic nitrogens is 2. The smallest absolute Gasteiger partial charge is 0.414 e. The number of piperidine rings is 1. The first-order valence-corrected chi connectivity index (χ1v) is 6.73. The number of aryl methyl sites for hydroxylation is 1. The van der Waals surface area contributed by atoms with Crippen molar-refractivity contribution in [2.24, 2.45) is 0 Å². The van der Waals surface area contributed by atoms with Crippen LogP contribution in [0.5, 0.6) is 0 Å². The summed E-state index contributed by atoms with van der Waals surface area (Å²) in [6, 6.07) is 1.95. The van der Waals surface area contributed by atoms with E-state index in [4.69, 9.17) is 4.74 Å². The monoisotopic (exact) mass is 264 g/mol. The summed E-state index contributed by atoms with van der Waals surface area (Å²) in [5.41, 5.74) is 0.836. The zero-order valence-electron chi connectivity index (χ0n) is 11.5. The van der Waals surface area contributed by atoms with E-state index in [1.807, 2.05) is 13.0 Å². The van der Waals surface area contributed by atoms with Crippen LogP contribution in [0, 0.1) is 6.92 Å². The van der Waals surface area contributed by atoms with Gasteiger partial charge in [-0.2, -0.15) is 4.98 Å². The van der Waals surface area contributed by atoms with Gasteiger partial charge in [-0.1, -0.05) is 0 Å². The van der Waals surface area contributed by atoms with Crippen molar-refractivity contribution in [1.82, 2.24) is 9.97 Å². The van der Waals surface area contributed by atoms with Crippen molar-refractivity contribution < 1.29 is 9.53 Å². The minimum Gasteiger partial charge on any atom is -0.450 e. The van der Waals surface area contributed by atoms with Crippen molar-refractivity contribution in [2.75, 3.05) is 29.9 Å². The number of ether oxygens (including phenoxy) is 1. The highest BCUT2D eigenvalue weighted by Crippen LogP contribution is 2.19. The number of nitrogens with zero attached hydrogens (tertiary/aromatic N) is 3. The van der Waals surface area contributed by atoms with Crippen LogP contribution < -0.4 is 10.2 Å². The maximum absolute atomic E-state index is 11.4. The molecule has 0 aromatic carbocycles. The molecule has 1 amide bonds. The summed E-state index contributed by atoms with van der Waals surface area (Å²) in [7, 11) is 0. The van der Waals surface area contributed by atoms with Gasteiger partial charge in [0.15, 0.2) is 0 Å². The number of amides is 1. The summed E-state index contributed by atoms with van der Waals surface area (Å²) < 4.78 is 4.83. The van der Waals surface area contributed by atoms with Crippen LogP contribution in [-0.2, 0) is 4.74 Å². The molecule has 0 spiro atoms. The molecule has 1 aliphatic heterocycles. The van der Waals surface area contributed by atoms with E-state index in [-0.39, 0.29) is 0 Å². The highest BCUT2D eigenvalue weighted by atomic mass is 16.5. The van der Waals surface area contributed by atoms with Gasteiger partial charge in [-0.05, 0) is 33.1 Å². The lowest BCUT2D eigenvalue weighted by Crippen LogP contribution is -2.30. The van der Waals surface area contributed by atoms with Gasteiger partial charge in [0, 0.05) is 24.8 Å². The number of anilines is 2. The molecule has 1 aromatic rings. The Bertz CT molecular complexity index is 444. The highest BCUT2D eigenvalue weighted by Gasteiger charge is 2.14. The molecule has 1 saturated heterocycles. The third-order valence-electron chi connectivity index (χ3n) is 3.01. The minimum absolute atomic E-state index is 0.305. The van der Waals surface area contributed by atoms with E-state index in [1.165, 1.54) is 19.3 Å². The Balaban J connectivity index is 2.11. The van der Waals surface area contributed by atoms with Crippen molar-refractivity contribution in [2.45, 2.75) is 33.1 Å². The zero-order valence-corrected chi connectivity index (χ0v) is 11.5. The van der Waals surface area contributed by atoms with E-state index in [0.29, 0.717) is 12.6 Å². The Hall–Kier alpha value is -1.85. The third kappa shape index (κ3) is 3.81. The number of carbonyl (C=O) groups excluding carboxylic acids is 1. The Morgan fingerprint density at radius 2 is 2.11 bits per heavy atom. The molecule has 0 radical (unpaired) electrons. The first kappa shape index (κ1) is 13.6. The van der Waals surface area contributed by atoms with Crippen molar-refractivity contribution >= 4 is 17.9 Å². The fourth-order valence-corrected chi connectivity index (χ4v) is 2.15. The summed E-state index contributed by atoms with van der Waals surface area (Å²) in [5, 5.41) is 2.55. The van der Waals surface area contributed by atoms with Crippen molar-refractivity contribution in [3.63, 3.8) is 0 Å². The summed E-state index contributed by atoms with van der Waals surface area (Å²) in [5.74, 6) is 1.18. The SMILES string of the molecule is CCOC(=O)Nc1nc(C)cc(N2CCCCC2)n1. The van der Waals surface area contributed by atoms with Crippen LogP contribution in [0.2, 0.25) is 0 Å². The second-order valence-corrected chi connectivity index (χ2v) is 4.58. The van der Waals surface area contributed by atoms with Crippen LogP contribution in [0.15, 0.2) is 6.07 Å². The fraction of sp³-hybridized carbons (Fsp3) is 0.615. The molecule has 0 bridgehead atoms. The van der Waals surface area contributed by atoms with Crippen LogP contribution in [0.3, 0.4) is 0 Å². The van der Waals surface area contributed by atoms with Gasteiger partial charge in [0.1, 0.15) is 5.82 Å². The Kier molecular flexibility index (Phi) is 4.54. The Morgan fingerprint density at radius 3 is 2.79 bits per heavy atom. The molecule has 2 rings (SSSR count). The largest absolute Gasteiger partial charge is 0.450 e. The molecule has 1 aromatic heterocycles. The maximum atomic E-state index is 11.4. The molecule has 6 nitrogen and oxygen atoms in total. The third-order valence-corrected chi connectivity index (χ3v) is 3.01.